The average molecular weight is 248 g/mol. The molecule has 0 aliphatic rings. The molecule has 3 atom stereocenters. The molecule has 0 spiro atoms. The molecule has 0 amide bonds. The lowest BCUT2D eigenvalue weighted by Gasteiger charge is -2.36. The molecule has 3 unspecified atom stereocenters. The van der Waals surface area contributed by atoms with Gasteiger partial charge in [0, 0.05) is 19.3 Å². The fourth-order valence-corrected chi connectivity index (χ4v) is 1.83. The first-order valence-electron chi connectivity index (χ1n) is 6.63. The van der Waals surface area contributed by atoms with E-state index >= 15 is 0 Å². The molecule has 0 saturated heterocycles. The van der Waals surface area contributed by atoms with Gasteiger partial charge in [0.15, 0.2) is 0 Å². The summed E-state index contributed by atoms with van der Waals surface area (Å²) in [6.45, 7) is 8.06. The van der Waals surface area contributed by atoms with Gasteiger partial charge in [0.1, 0.15) is 0 Å². The fraction of sp³-hybridized carbons (Fsp3) is 1.00. The van der Waals surface area contributed by atoms with Crippen LogP contribution in [-0.4, -0.2) is 64.8 Å². The maximum atomic E-state index is 9.36. The predicted octanol–water partition coefficient (Wildman–Crippen LogP) is 0.746. The van der Waals surface area contributed by atoms with Gasteiger partial charge >= 0.3 is 0 Å². The quantitative estimate of drug-likeness (QED) is 0.528. The van der Waals surface area contributed by atoms with Crippen LogP contribution in [-0.2, 0) is 0 Å². The van der Waals surface area contributed by atoms with E-state index in [0.717, 1.165) is 43.4 Å². The molecule has 0 bridgehead atoms. The zero-order valence-corrected chi connectivity index (χ0v) is 11.8. The van der Waals surface area contributed by atoms with Crippen LogP contribution < -0.4 is 0 Å². The van der Waals surface area contributed by atoms with Crippen molar-refractivity contribution >= 4 is 0 Å². The van der Waals surface area contributed by atoms with Gasteiger partial charge in [-0.3, -0.25) is 0 Å². The van der Waals surface area contributed by atoms with Gasteiger partial charge in [-0.15, -0.1) is 0 Å². The number of quaternary nitrogens is 1. The average Bonchev–Trinajstić information content (AvgIpc) is 2.21. The van der Waals surface area contributed by atoms with Gasteiger partial charge in [-0.1, -0.05) is 0 Å². The fourth-order valence-electron chi connectivity index (χ4n) is 1.83. The lowest BCUT2D eigenvalue weighted by atomic mass is 10.1. The zero-order chi connectivity index (χ0) is 13.5. The minimum absolute atomic E-state index is 0.287. The lowest BCUT2D eigenvalue weighted by molar-refractivity contribution is -0.911. The molecule has 0 saturated carbocycles. The Morgan fingerprint density at radius 3 is 1.12 bits per heavy atom. The van der Waals surface area contributed by atoms with Crippen molar-refractivity contribution in [3.63, 3.8) is 0 Å². The summed E-state index contributed by atoms with van der Waals surface area (Å²) >= 11 is 0. The summed E-state index contributed by atoms with van der Waals surface area (Å²) < 4.78 is 0.806. The molecule has 4 heteroatoms. The van der Waals surface area contributed by atoms with Crippen molar-refractivity contribution in [1.29, 1.82) is 0 Å². The van der Waals surface area contributed by atoms with E-state index in [0.29, 0.717) is 0 Å². The highest BCUT2D eigenvalue weighted by atomic mass is 16.3. The van der Waals surface area contributed by atoms with Crippen molar-refractivity contribution in [1.82, 2.24) is 0 Å². The molecule has 0 aromatic carbocycles. The van der Waals surface area contributed by atoms with E-state index in [4.69, 9.17) is 0 Å². The van der Waals surface area contributed by atoms with Crippen molar-refractivity contribution in [3.8, 4) is 0 Å². The third-order valence-corrected chi connectivity index (χ3v) is 3.26. The first-order chi connectivity index (χ1) is 7.75. The highest BCUT2D eigenvalue weighted by Crippen LogP contribution is 2.11. The standard InChI is InChI=1S/C13H30NO3/c1-11(15)5-8-14(4,9-6-12(2)16)10-7-13(3)17/h11-13,15-17H,5-10H2,1-4H3/q+1. The Bertz CT molecular complexity index is 162. The molecule has 0 aromatic heterocycles. The number of aliphatic hydroxyl groups excluding tert-OH is 3. The Morgan fingerprint density at radius 2 is 0.941 bits per heavy atom. The number of nitrogens with zero attached hydrogens (tertiary/aromatic N) is 1. The molecule has 0 rings (SSSR count). The molecule has 0 heterocycles. The van der Waals surface area contributed by atoms with Gasteiger partial charge in [-0.25, -0.2) is 0 Å². The third-order valence-electron chi connectivity index (χ3n) is 3.26. The lowest BCUT2D eigenvalue weighted by Crippen LogP contribution is -2.48. The number of hydrogen-bond donors (Lipinski definition) is 3. The summed E-state index contributed by atoms with van der Waals surface area (Å²) in [6, 6.07) is 0. The van der Waals surface area contributed by atoms with Gasteiger partial charge in [0.05, 0.1) is 45.0 Å². The highest BCUT2D eigenvalue weighted by molar-refractivity contribution is 4.53. The third kappa shape index (κ3) is 9.53. The maximum Gasteiger partial charge on any atom is 0.0809 e. The van der Waals surface area contributed by atoms with Gasteiger partial charge in [0.25, 0.3) is 0 Å². The summed E-state index contributed by atoms with van der Waals surface area (Å²) in [5.41, 5.74) is 0. The zero-order valence-electron chi connectivity index (χ0n) is 11.8. The Labute approximate surface area is 105 Å². The highest BCUT2D eigenvalue weighted by Gasteiger charge is 2.23. The van der Waals surface area contributed by atoms with Gasteiger partial charge in [-0.05, 0) is 20.8 Å². The molecule has 0 aromatic rings. The van der Waals surface area contributed by atoms with Gasteiger partial charge < -0.3 is 19.8 Å². The second-order valence-corrected chi connectivity index (χ2v) is 5.70. The number of aliphatic hydroxyl groups is 3. The minimum Gasteiger partial charge on any atom is -0.393 e. The SMILES string of the molecule is CC(O)CC[N+](C)(CCC(C)O)CCC(C)O. The molecule has 0 aliphatic carbocycles. The van der Waals surface area contributed by atoms with E-state index < -0.39 is 0 Å². The minimum atomic E-state index is -0.287. The van der Waals surface area contributed by atoms with Crippen LogP contribution in [0.2, 0.25) is 0 Å². The van der Waals surface area contributed by atoms with Crippen LogP contribution in [0.15, 0.2) is 0 Å². The Morgan fingerprint density at radius 1 is 0.706 bits per heavy atom. The van der Waals surface area contributed by atoms with E-state index in [2.05, 4.69) is 7.05 Å². The summed E-state index contributed by atoms with van der Waals surface area (Å²) in [4.78, 5) is 0. The molecule has 4 nitrogen and oxygen atoms in total. The van der Waals surface area contributed by atoms with E-state index in [9.17, 15) is 15.3 Å². The van der Waals surface area contributed by atoms with Crippen molar-refractivity contribution in [2.75, 3.05) is 26.7 Å². The number of hydrogen-bond acceptors (Lipinski definition) is 3. The normalized spacial score (nSPS) is 20.6. The summed E-state index contributed by atoms with van der Waals surface area (Å²) in [7, 11) is 2.13. The van der Waals surface area contributed by atoms with Gasteiger partial charge in [0.2, 0.25) is 0 Å². The Balaban J connectivity index is 4.23. The van der Waals surface area contributed by atoms with Crippen LogP contribution in [0.3, 0.4) is 0 Å². The molecular formula is C13H30NO3+. The Hall–Kier alpha value is -0.160. The van der Waals surface area contributed by atoms with Crippen LogP contribution in [0.25, 0.3) is 0 Å². The van der Waals surface area contributed by atoms with Crippen molar-refractivity contribution in [3.05, 3.63) is 0 Å². The molecular weight excluding hydrogens is 218 g/mol. The van der Waals surface area contributed by atoms with E-state index in [-0.39, 0.29) is 18.3 Å². The summed E-state index contributed by atoms with van der Waals surface area (Å²) in [6.07, 6.45) is 1.42. The van der Waals surface area contributed by atoms with Crippen molar-refractivity contribution in [2.24, 2.45) is 0 Å². The summed E-state index contributed by atoms with van der Waals surface area (Å²) in [5.74, 6) is 0. The first kappa shape index (κ1) is 16.8. The largest absolute Gasteiger partial charge is 0.393 e. The van der Waals surface area contributed by atoms with Crippen LogP contribution in [0, 0.1) is 0 Å². The number of rotatable bonds is 9. The Kier molecular flexibility index (Phi) is 7.96. The van der Waals surface area contributed by atoms with Gasteiger partial charge in [-0.2, -0.15) is 0 Å². The van der Waals surface area contributed by atoms with Crippen LogP contribution in [0.1, 0.15) is 40.0 Å². The van der Waals surface area contributed by atoms with Crippen LogP contribution in [0.5, 0.6) is 0 Å². The smallest absolute Gasteiger partial charge is 0.0809 e. The molecule has 17 heavy (non-hydrogen) atoms. The molecule has 3 N–H and O–H groups in total. The molecule has 0 fully saturated rings. The first-order valence-corrected chi connectivity index (χ1v) is 6.63. The molecule has 0 radical (unpaired) electrons. The van der Waals surface area contributed by atoms with E-state index in [1.807, 2.05) is 0 Å². The maximum absolute atomic E-state index is 9.36. The monoisotopic (exact) mass is 248 g/mol. The van der Waals surface area contributed by atoms with Crippen LogP contribution in [0.4, 0.5) is 0 Å². The molecule has 104 valence electrons. The van der Waals surface area contributed by atoms with Crippen molar-refractivity contribution < 1.29 is 19.8 Å². The summed E-state index contributed by atoms with van der Waals surface area (Å²) in [5, 5.41) is 28.1. The molecule has 0 aliphatic heterocycles. The van der Waals surface area contributed by atoms with Crippen molar-refractivity contribution in [2.45, 2.75) is 58.3 Å². The van der Waals surface area contributed by atoms with E-state index in [1.165, 1.54) is 0 Å². The predicted molar refractivity (Wildman–Crippen MR) is 69.7 cm³/mol. The topological polar surface area (TPSA) is 60.7 Å². The van der Waals surface area contributed by atoms with Crippen LogP contribution >= 0.6 is 0 Å². The second kappa shape index (κ2) is 8.03. The van der Waals surface area contributed by atoms with E-state index in [1.54, 1.807) is 20.8 Å². The second-order valence-electron chi connectivity index (χ2n) is 5.70.